The second-order valence-electron chi connectivity index (χ2n) is 7.16. The molecule has 0 saturated carbocycles. The lowest BCUT2D eigenvalue weighted by Crippen LogP contribution is -2.38. The summed E-state index contributed by atoms with van der Waals surface area (Å²) < 4.78 is 39.8. The number of carbonyl (C=O) groups excluding carboxylic acids is 1. The van der Waals surface area contributed by atoms with Crippen LogP contribution in [-0.2, 0) is 4.79 Å². The molecule has 2 heterocycles. The first kappa shape index (κ1) is 19.9. The highest BCUT2D eigenvalue weighted by atomic mass is 19.1. The van der Waals surface area contributed by atoms with E-state index in [0.29, 0.717) is 37.4 Å². The van der Waals surface area contributed by atoms with Crippen LogP contribution in [0.3, 0.4) is 0 Å². The summed E-state index contributed by atoms with van der Waals surface area (Å²) in [6.07, 6.45) is 1.16. The number of nitrogens with zero attached hydrogens (tertiary/aromatic N) is 3. The van der Waals surface area contributed by atoms with Gasteiger partial charge in [0, 0.05) is 30.6 Å². The minimum absolute atomic E-state index is 0.0221. The molecule has 1 amide bonds. The predicted octanol–water partition coefficient (Wildman–Crippen LogP) is 4.42. The minimum Gasteiger partial charge on any atom is -0.355 e. The van der Waals surface area contributed by atoms with Gasteiger partial charge in [0.2, 0.25) is 5.91 Å². The molecule has 0 spiro atoms. The van der Waals surface area contributed by atoms with E-state index in [1.807, 2.05) is 17.0 Å². The van der Waals surface area contributed by atoms with Crippen molar-refractivity contribution in [3.8, 4) is 11.3 Å². The van der Waals surface area contributed by atoms with Gasteiger partial charge >= 0.3 is 0 Å². The van der Waals surface area contributed by atoms with E-state index in [9.17, 15) is 18.0 Å². The highest BCUT2D eigenvalue weighted by Crippen LogP contribution is 2.25. The number of nitrogens with one attached hydrogen (secondary N) is 1. The van der Waals surface area contributed by atoms with E-state index in [0.717, 1.165) is 17.7 Å². The lowest BCUT2D eigenvalue weighted by atomic mass is 9.95. The Morgan fingerprint density at radius 3 is 2.23 bits per heavy atom. The number of hydrogen-bond donors (Lipinski definition) is 1. The summed E-state index contributed by atoms with van der Waals surface area (Å²) in [5.74, 6) is -1.64. The highest BCUT2D eigenvalue weighted by molar-refractivity contribution is 5.92. The van der Waals surface area contributed by atoms with Crippen LogP contribution >= 0.6 is 0 Å². The molecule has 4 rings (SSSR count). The summed E-state index contributed by atoms with van der Waals surface area (Å²) >= 11 is 0. The van der Waals surface area contributed by atoms with Crippen LogP contribution in [0.2, 0.25) is 0 Å². The van der Waals surface area contributed by atoms with Crippen molar-refractivity contribution in [1.29, 1.82) is 0 Å². The summed E-state index contributed by atoms with van der Waals surface area (Å²) in [4.78, 5) is 14.5. The zero-order valence-electron chi connectivity index (χ0n) is 16.0. The van der Waals surface area contributed by atoms with E-state index < -0.39 is 11.6 Å². The van der Waals surface area contributed by atoms with Crippen LogP contribution < -0.4 is 10.2 Å². The first-order chi connectivity index (χ1) is 14.5. The van der Waals surface area contributed by atoms with Crippen LogP contribution in [0.15, 0.2) is 54.6 Å². The Labute approximate surface area is 171 Å². The Morgan fingerprint density at radius 1 is 0.900 bits per heavy atom. The Hall–Kier alpha value is -3.42. The van der Waals surface area contributed by atoms with Crippen LogP contribution in [0.25, 0.3) is 11.3 Å². The van der Waals surface area contributed by atoms with Gasteiger partial charge in [0.25, 0.3) is 0 Å². The quantitative estimate of drug-likeness (QED) is 0.690. The van der Waals surface area contributed by atoms with Gasteiger partial charge in [-0.1, -0.05) is 0 Å². The van der Waals surface area contributed by atoms with Gasteiger partial charge in [-0.05, 0) is 61.4 Å². The van der Waals surface area contributed by atoms with Crippen LogP contribution in [-0.4, -0.2) is 29.2 Å². The summed E-state index contributed by atoms with van der Waals surface area (Å²) in [7, 11) is 0. The smallest absolute Gasteiger partial charge is 0.227 e. The molecular weight excluding hydrogens is 393 g/mol. The third-order valence-corrected chi connectivity index (χ3v) is 5.17. The molecule has 0 unspecified atom stereocenters. The largest absolute Gasteiger partial charge is 0.355 e. The van der Waals surface area contributed by atoms with E-state index in [1.165, 1.54) is 18.2 Å². The maximum Gasteiger partial charge on any atom is 0.227 e. The fraction of sp³-hybridized carbons (Fsp3) is 0.227. The fourth-order valence-electron chi connectivity index (χ4n) is 3.46. The van der Waals surface area contributed by atoms with E-state index in [2.05, 4.69) is 15.5 Å². The second kappa shape index (κ2) is 8.52. The molecule has 5 nitrogen and oxygen atoms in total. The molecule has 0 aliphatic carbocycles. The van der Waals surface area contributed by atoms with E-state index in [4.69, 9.17) is 0 Å². The molecule has 1 aromatic heterocycles. The molecule has 1 saturated heterocycles. The van der Waals surface area contributed by atoms with Gasteiger partial charge in [0.15, 0.2) is 5.82 Å². The number of halogens is 3. The van der Waals surface area contributed by atoms with Crippen LogP contribution in [0.4, 0.5) is 24.7 Å². The minimum atomic E-state index is -0.794. The lowest BCUT2D eigenvalue weighted by Gasteiger charge is -2.31. The molecule has 30 heavy (non-hydrogen) atoms. The number of rotatable bonds is 4. The Balaban J connectivity index is 1.34. The van der Waals surface area contributed by atoms with Gasteiger partial charge in [0.05, 0.1) is 11.4 Å². The number of carbonyl (C=O) groups is 1. The zero-order chi connectivity index (χ0) is 21.1. The molecule has 8 heteroatoms. The van der Waals surface area contributed by atoms with E-state index >= 15 is 0 Å². The van der Waals surface area contributed by atoms with Gasteiger partial charge in [-0.25, -0.2) is 13.2 Å². The maximum atomic E-state index is 13.7. The highest BCUT2D eigenvalue weighted by Gasteiger charge is 2.26. The van der Waals surface area contributed by atoms with Gasteiger partial charge in [-0.3, -0.25) is 4.79 Å². The number of benzene rings is 2. The summed E-state index contributed by atoms with van der Waals surface area (Å²) in [6.45, 7) is 1.21. The Bertz CT molecular complexity index is 1030. The molecule has 2 aromatic carbocycles. The summed E-state index contributed by atoms with van der Waals surface area (Å²) in [5.41, 5.74) is 1.40. The average Bonchev–Trinajstić information content (AvgIpc) is 2.76. The number of amides is 1. The molecule has 1 aliphatic heterocycles. The number of hydrogen-bond acceptors (Lipinski definition) is 4. The fourth-order valence-corrected chi connectivity index (χ4v) is 3.46. The Morgan fingerprint density at radius 2 is 1.60 bits per heavy atom. The second-order valence-corrected chi connectivity index (χ2v) is 7.16. The average molecular weight is 412 g/mol. The standard InChI is InChI=1S/C22H19F3N4O/c23-16-3-1-14(2-4-16)19-7-8-21(28-27-19)29-11-9-15(10-12-29)22(30)26-20-6-5-17(24)13-18(20)25/h1-8,13,15H,9-12H2,(H,26,30). The molecule has 1 N–H and O–H groups in total. The van der Waals surface area contributed by atoms with Crippen molar-refractivity contribution in [2.24, 2.45) is 5.92 Å². The molecular formula is C22H19F3N4O. The molecule has 0 atom stereocenters. The van der Waals surface area contributed by atoms with Crippen molar-refractivity contribution < 1.29 is 18.0 Å². The van der Waals surface area contributed by atoms with Crippen LogP contribution in [0.1, 0.15) is 12.8 Å². The van der Waals surface area contributed by atoms with Crippen molar-refractivity contribution in [2.45, 2.75) is 12.8 Å². The van der Waals surface area contributed by atoms with Crippen molar-refractivity contribution in [1.82, 2.24) is 10.2 Å². The summed E-state index contributed by atoms with van der Waals surface area (Å²) in [5, 5.41) is 11.0. The SMILES string of the molecule is O=C(Nc1ccc(F)cc1F)C1CCN(c2ccc(-c3ccc(F)cc3)nn2)CC1. The van der Waals surface area contributed by atoms with Gasteiger partial charge in [0.1, 0.15) is 17.5 Å². The molecule has 3 aromatic rings. The van der Waals surface area contributed by atoms with E-state index in [1.54, 1.807) is 12.1 Å². The molecule has 0 radical (unpaired) electrons. The van der Waals surface area contributed by atoms with Crippen molar-refractivity contribution >= 4 is 17.4 Å². The number of anilines is 2. The van der Waals surface area contributed by atoms with Gasteiger partial charge < -0.3 is 10.2 Å². The zero-order valence-corrected chi connectivity index (χ0v) is 16.0. The summed E-state index contributed by atoms with van der Waals surface area (Å²) in [6, 6.07) is 12.8. The normalized spacial score (nSPS) is 14.6. The maximum absolute atomic E-state index is 13.7. The lowest BCUT2D eigenvalue weighted by molar-refractivity contribution is -0.120. The van der Waals surface area contributed by atoms with Gasteiger partial charge in [-0.15, -0.1) is 10.2 Å². The molecule has 0 bridgehead atoms. The van der Waals surface area contributed by atoms with Crippen molar-refractivity contribution in [3.05, 3.63) is 72.0 Å². The van der Waals surface area contributed by atoms with Crippen LogP contribution in [0.5, 0.6) is 0 Å². The first-order valence-corrected chi connectivity index (χ1v) is 9.60. The molecule has 1 fully saturated rings. The van der Waals surface area contributed by atoms with E-state index in [-0.39, 0.29) is 23.3 Å². The monoisotopic (exact) mass is 412 g/mol. The number of piperidine rings is 1. The molecule has 1 aliphatic rings. The van der Waals surface area contributed by atoms with Crippen molar-refractivity contribution in [2.75, 3.05) is 23.3 Å². The first-order valence-electron chi connectivity index (χ1n) is 9.60. The van der Waals surface area contributed by atoms with Crippen molar-refractivity contribution in [3.63, 3.8) is 0 Å². The molecule has 154 valence electrons. The third-order valence-electron chi connectivity index (χ3n) is 5.17. The number of aromatic nitrogens is 2. The van der Waals surface area contributed by atoms with Crippen LogP contribution in [0, 0.1) is 23.4 Å². The Kier molecular flexibility index (Phi) is 5.65. The van der Waals surface area contributed by atoms with Gasteiger partial charge in [-0.2, -0.15) is 0 Å². The topological polar surface area (TPSA) is 58.1 Å². The predicted molar refractivity (Wildman–Crippen MR) is 107 cm³/mol. The third kappa shape index (κ3) is 4.42.